The fraction of sp³-hybridized carbons (Fsp3) is 0.455. The second-order valence-electron chi connectivity index (χ2n) is 8.18. The van der Waals surface area contributed by atoms with E-state index in [4.69, 9.17) is 0 Å². The Balaban J connectivity index is 1.48. The van der Waals surface area contributed by atoms with Gasteiger partial charge in [-0.2, -0.15) is 5.10 Å². The lowest BCUT2D eigenvalue weighted by Crippen LogP contribution is -2.47. The number of hydrogen-bond acceptors (Lipinski definition) is 5. The normalized spacial score (nSPS) is 16.9. The number of carbonyl (C=O) groups is 1. The van der Waals surface area contributed by atoms with E-state index in [1.807, 2.05) is 32.9 Å². The lowest BCUT2D eigenvalue weighted by atomic mass is 10.0. The first kappa shape index (κ1) is 20.1. The smallest absolute Gasteiger partial charge is 0.267 e. The minimum atomic E-state index is -0.102. The van der Waals surface area contributed by atoms with E-state index in [2.05, 4.69) is 25.3 Å². The van der Waals surface area contributed by atoms with Crippen LogP contribution in [-0.2, 0) is 0 Å². The number of nitrogens with zero attached hydrogens (tertiary/aromatic N) is 4. The van der Waals surface area contributed by atoms with E-state index in [0.717, 1.165) is 48.5 Å². The molecule has 30 heavy (non-hydrogen) atoms. The number of aromatic amines is 1. The average molecular weight is 409 g/mol. The first-order valence-corrected chi connectivity index (χ1v) is 10.5. The summed E-state index contributed by atoms with van der Waals surface area (Å²) >= 11 is 0. The first-order valence-electron chi connectivity index (χ1n) is 10.5. The Morgan fingerprint density at radius 2 is 2.10 bits per heavy atom. The van der Waals surface area contributed by atoms with Crippen LogP contribution in [0, 0.1) is 6.92 Å². The quantitative estimate of drug-likeness (QED) is 0.677. The number of benzene rings is 1. The number of piperidine rings is 1. The summed E-state index contributed by atoms with van der Waals surface area (Å²) in [4.78, 5) is 34.6. The van der Waals surface area contributed by atoms with Gasteiger partial charge in [0.25, 0.3) is 11.5 Å². The predicted molar refractivity (Wildman–Crippen MR) is 117 cm³/mol. The van der Waals surface area contributed by atoms with Gasteiger partial charge >= 0.3 is 0 Å². The second-order valence-corrected chi connectivity index (χ2v) is 8.18. The van der Waals surface area contributed by atoms with Crippen molar-refractivity contribution < 1.29 is 4.79 Å². The molecule has 1 saturated heterocycles. The number of fused-ring (bicyclic) bond motifs is 1. The third-order valence-corrected chi connectivity index (χ3v) is 5.58. The van der Waals surface area contributed by atoms with Gasteiger partial charge in [-0.1, -0.05) is 0 Å². The Hall–Kier alpha value is -3.16. The number of hydrogen-bond donors (Lipinski definition) is 2. The molecule has 1 fully saturated rings. The summed E-state index contributed by atoms with van der Waals surface area (Å²) in [5.74, 6) is 1.52. The molecule has 3 aromatic rings. The SMILES string of the molecule is Cc1nc2ccc(C(=O)NCC3CCCCN3c3ccc(=O)n(C(C)C)n3)cc2[nH]1. The Morgan fingerprint density at radius 1 is 1.27 bits per heavy atom. The lowest BCUT2D eigenvalue weighted by Gasteiger charge is -2.37. The number of aromatic nitrogens is 4. The highest BCUT2D eigenvalue weighted by Gasteiger charge is 2.25. The van der Waals surface area contributed by atoms with E-state index < -0.39 is 0 Å². The highest BCUT2D eigenvalue weighted by molar-refractivity contribution is 5.97. The van der Waals surface area contributed by atoms with Gasteiger partial charge in [0.1, 0.15) is 11.6 Å². The topological polar surface area (TPSA) is 95.9 Å². The van der Waals surface area contributed by atoms with Gasteiger partial charge in [-0.3, -0.25) is 9.59 Å². The molecule has 2 aromatic heterocycles. The molecule has 158 valence electrons. The molecular weight excluding hydrogens is 380 g/mol. The van der Waals surface area contributed by atoms with Gasteiger partial charge in [0.05, 0.1) is 17.1 Å². The molecule has 1 atom stereocenters. The van der Waals surface area contributed by atoms with E-state index in [1.54, 1.807) is 18.2 Å². The maximum atomic E-state index is 12.7. The van der Waals surface area contributed by atoms with Crippen LogP contribution in [0.1, 0.15) is 55.3 Å². The molecule has 1 aromatic carbocycles. The van der Waals surface area contributed by atoms with Gasteiger partial charge < -0.3 is 15.2 Å². The third kappa shape index (κ3) is 4.08. The van der Waals surface area contributed by atoms with Crippen molar-refractivity contribution in [1.29, 1.82) is 0 Å². The number of rotatable bonds is 5. The van der Waals surface area contributed by atoms with E-state index >= 15 is 0 Å². The second kappa shape index (κ2) is 8.30. The zero-order chi connectivity index (χ0) is 21.3. The van der Waals surface area contributed by atoms with Crippen molar-refractivity contribution in [2.75, 3.05) is 18.0 Å². The van der Waals surface area contributed by atoms with E-state index in [0.29, 0.717) is 12.1 Å². The molecule has 0 aliphatic carbocycles. The highest BCUT2D eigenvalue weighted by atomic mass is 16.1. The fourth-order valence-corrected chi connectivity index (χ4v) is 4.04. The molecule has 1 aliphatic rings. The van der Waals surface area contributed by atoms with Crippen LogP contribution < -0.4 is 15.8 Å². The fourth-order valence-electron chi connectivity index (χ4n) is 4.04. The average Bonchev–Trinajstić information content (AvgIpc) is 3.11. The zero-order valence-corrected chi connectivity index (χ0v) is 17.7. The van der Waals surface area contributed by atoms with Crippen LogP contribution in [-0.4, -0.2) is 44.8 Å². The number of amides is 1. The van der Waals surface area contributed by atoms with Crippen LogP contribution in [0.5, 0.6) is 0 Å². The Labute approximate surface area is 175 Å². The summed E-state index contributed by atoms with van der Waals surface area (Å²) < 4.78 is 1.52. The van der Waals surface area contributed by atoms with Gasteiger partial charge in [-0.15, -0.1) is 0 Å². The molecule has 1 unspecified atom stereocenters. The molecule has 3 heterocycles. The molecule has 1 aliphatic heterocycles. The van der Waals surface area contributed by atoms with E-state index in [-0.39, 0.29) is 23.6 Å². The lowest BCUT2D eigenvalue weighted by molar-refractivity contribution is 0.0949. The largest absolute Gasteiger partial charge is 0.350 e. The summed E-state index contributed by atoms with van der Waals surface area (Å²) in [5.41, 5.74) is 2.23. The highest BCUT2D eigenvalue weighted by Crippen LogP contribution is 2.22. The molecule has 0 spiro atoms. The van der Waals surface area contributed by atoms with E-state index in [9.17, 15) is 9.59 Å². The van der Waals surface area contributed by atoms with Gasteiger partial charge in [0, 0.05) is 30.8 Å². The third-order valence-electron chi connectivity index (χ3n) is 5.58. The van der Waals surface area contributed by atoms with Crippen molar-refractivity contribution in [1.82, 2.24) is 25.1 Å². The maximum absolute atomic E-state index is 12.7. The molecule has 0 radical (unpaired) electrons. The van der Waals surface area contributed by atoms with Gasteiger partial charge in [0.2, 0.25) is 0 Å². The summed E-state index contributed by atoms with van der Waals surface area (Å²) in [6.07, 6.45) is 3.16. The number of carbonyl (C=O) groups excluding carboxylic acids is 1. The molecule has 0 bridgehead atoms. The molecule has 8 heteroatoms. The van der Waals surface area contributed by atoms with Crippen molar-refractivity contribution in [3.63, 3.8) is 0 Å². The van der Waals surface area contributed by atoms with E-state index in [1.165, 1.54) is 4.68 Å². The minimum Gasteiger partial charge on any atom is -0.350 e. The summed E-state index contributed by atoms with van der Waals surface area (Å²) in [6, 6.07) is 9.01. The van der Waals surface area contributed by atoms with Gasteiger partial charge in [-0.05, 0) is 64.3 Å². The maximum Gasteiger partial charge on any atom is 0.267 e. The molecule has 4 rings (SSSR count). The Morgan fingerprint density at radius 3 is 2.90 bits per heavy atom. The summed E-state index contributed by atoms with van der Waals surface area (Å²) in [7, 11) is 0. The van der Waals surface area contributed by atoms with Crippen LogP contribution in [0.4, 0.5) is 5.82 Å². The Bertz CT molecular complexity index is 1120. The van der Waals surface area contributed by atoms with Crippen LogP contribution in [0.2, 0.25) is 0 Å². The standard InChI is InChI=1S/C22H28N6O2/c1-14(2)28-21(29)10-9-20(26-28)27-11-5-4-6-17(27)13-23-22(30)16-7-8-18-19(12-16)25-15(3)24-18/h7-10,12,14,17H,4-6,11,13H2,1-3H3,(H,23,30)(H,24,25). The van der Waals surface area contributed by atoms with Crippen LogP contribution >= 0.6 is 0 Å². The molecule has 2 N–H and O–H groups in total. The number of nitrogens with one attached hydrogen (secondary N) is 2. The predicted octanol–water partition coefficient (Wildman–Crippen LogP) is 2.80. The van der Waals surface area contributed by atoms with Gasteiger partial charge in [-0.25, -0.2) is 9.67 Å². The Kier molecular flexibility index (Phi) is 5.57. The monoisotopic (exact) mass is 408 g/mol. The van der Waals surface area contributed by atoms with Crippen molar-refractivity contribution >= 4 is 22.8 Å². The van der Waals surface area contributed by atoms with Crippen molar-refractivity contribution in [3.05, 3.63) is 52.1 Å². The van der Waals surface area contributed by atoms with Crippen molar-refractivity contribution in [2.24, 2.45) is 0 Å². The van der Waals surface area contributed by atoms with Crippen LogP contribution in [0.25, 0.3) is 11.0 Å². The number of anilines is 1. The van der Waals surface area contributed by atoms with Gasteiger partial charge in [0.15, 0.2) is 0 Å². The number of aryl methyl sites for hydroxylation is 1. The van der Waals surface area contributed by atoms with Crippen molar-refractivity contribution in [3.8, 4) is 0 Å². The molecule has 1 amide bonds. The number of imidazole rings is 1. The number of H-pyrrole nitrogens is 1. The first-order chi connectivity index (χ1) is 14.4. The van der Waals surface area contributed by atoms with Crippen LogP contribution in [0.3, 0.4) is 0 Å². The summed E-state index contributed by atoms with van der Waals surface area (Å²) in [6.45, 7) is 7.19. The molecular formula is C22H28N6O2. The summed E-state index contributed by atoms with van der Waals surface area (Å²) in [5, 5.41) is 7.65. The molecule has 8 nitrogen and oxygen atoms in total. The zero-order valence-electron chi connectivity index (χ0n) is 17.7. The van der Waals surface area contributed by atoms with Crippen LogP contribution in [0.15, 0.2) is 35.1 Å². The molecule has 0 saturated carbocycles. The van der Waals surface area contributed by atoms with Crippen molar-refractivity contribution in [2.45, 2.75) is 52.1 Å². The minimum absolute atomic E-state index is 0.00132.